The van der Waals surface area contributed by atoms with Gasteiger partial charge in [0.15, 0.2) is 0 Å². The minimum Gasteiger partial charge on any atom is -0.481 e. The quantitative estimate of drug-likeness (QED) is 0.102. The van der Waals surface area contributed by atoms with Crippen molar-refractivity contribution in [2.75, 3.05) is 0 Å². The van der Waals surface area contributed by atoms with Crippen LogP contribution in [0.25, 0.3) is 0 Å². The summed E-state index contributed by atoms with van der Waals surface area (Å²) >= 11 is 1.42. The second kappa shape index (κ2) is 17.9. The van der Waals surface area contributed by atoms with Crippen LogP contribution in [-0.4, -0.2) is 38.6 Å². The molecule has 33 heavy (non-hydrogen) atoms. The van der Waals surface area contributed by atoms with E-state index in [4.69, 9.17) is 10.2 Å². The number of carbonyl (C=O) groups is 2. The summed E-state index contributed by atoms with van der Waals surface area (Å²) in [5.41, 5.74) is 0.207. The highest BCUT2D eigenvalue weighted by Gasteiger charge is 2.18. The number of allylic oxidation sites excluding steroid dienone is 7. The number of carboxylic acid groups (broad SMARTS) is 2. The molecule has 6 heteroatoms. The molecule has 180 valence electrons. The van der Waals surface area contributed by atoms with E-state index in [2.05, 4.69) is 25.2 Å². The van der Waals surface area contributed by atoms with Crippen LogP contribution >= 0.6 is 11.8 Å². The van der Waals surface area contributed by atoms with Crippen LogP contribution < -0.4 is 0 Å². The van der Waals surface area contributed by atoms with Crippen molar-refractivity contribution in [2.24, 2.45) is 0 Å². The van der Waals surface area contributed by atoms with Gasteiger partial charge in [-0.05, 0) is 56.4 Å². The average Bonchev–Trinajstić information content (AvgIpc) is 2.79. The molecule has 1 aromatic rings. The fourth-order valence-corrected chi connectivity index (χ4v) is 4.04. The van der Waals surface area contributed by atoms with Crippen LogP contribution in [0.5, 0.6) is 0 Å². The molecule has 5 nitrogen and oxygen atoms in total. The van der Waals surface area contributed by atoms with E-state index >= 15 is 0 Å². The van der Waals surface area contributed by atoms with E-state index in [1.807, 2.05) is 30.4 Å². The van der Waals surface area contributed by atoms with Crippen LogP contribution in [0, 0.1) is 0 Å². The lowest BCUT2D eigenvalue weighted by Gasteiger charge is -2.19. The topological polar surface area (TPSA) is 94.8 Å². The summed E-state index contributed by atoms with van der Waals surface area (Å²) < 4.78 is 0. The molecule has 0 aliphatic rings. The summed E-state index contributed by atoms with van der Waals surface area (Å²) in [5, 5.41) is 28.2. The van der Waals surface area contributed by atoms with Crippen LogP contribution in [0.3, 0.4) is 0 Å². The minimum absolute atomic E-state index is 0.0171. The van der Waals surface area contributed by atoms with Crippen LogP contribution in [0.2, 0.25) is 0 Å². The van der Waals surface area contributed by atoms with Crippen LogP contribution in [0.4, 0.5) is 0 Å². The molecule has 0 saturated heterocycles. The van der Waals surface area contributed by atoms with Gasteiger partial charge in [0.05, 0.1) is 16.9 Å². The predicted octanol–water partition coefficient (Wildman–Crippen LogP) is 6.66. The number of hydrogen-bond donors (Lipinski definition) is 3. The Morgan fingerprint density at radius 1 is 0.939 bits per heavy atom. The third-order valence-electron chi connectivity index (χ3n) is 4.83. The monoisotopic (exact) mass is 472 g/mol. The lowest BCUT2D eigenvalue weighted by atomic mass is 10.1. The van der Waals surface area contributed by atoms with Crippen molar-refractivity contribution in [3.8, 4) is 0 Å². The maximum absolute atomic E-state index is 11.0. The van der Waals surface area contributed by atoms with E-state index in [-0.39, 0.29) is 17.2 Å². The number of aliphatic hydroxyl groups is 1. The minimum atomic E-state index is -0.984. The summed E-state index contributed by atoms with van der Waals surface area (Å²) in [5.74, 6) is -1.86. The van der Waals surface area contributed by atoms with Gasteiger partial charge >= 0.3 is 11.9 Å². The molecule has 1 aromatic carbocycles. The highest BCUT2D eigenvalue weighted by atomic mass is 32.2. The van der Waals surface area contributed by atoms with Crippen molar-refractivity contribution in [2.45, 2.75) is 74.5 Å². The number of carboxylic acids is 2. The Kier molecular flexibility index (Phi) is 15.5. The molecule has 0 saturated carbocycles. The smallest absolute Gasteiger partial charge is 0.335 e. The Labute approximate surface area is 201 Å². The molecule has 0 bridgehead atoms. The van der Waals surface area contributed by atoms with Gasteiger partial charge in [0.25, 0.3) is 0 Å². The Morgan fingerprint density at radius 3 is 2.33 bits per heavy atom. The van der Waals surface area contributed by atoms with E-state index < -0.39 is 18.0 Å². The molecule has 0 aliphatic carbocycles. The van der Waals surface area contributed by atoms with Crippen molar-refractivity contribution in [1.82, 2.24) is 0 Å². The summed E-state index contributed by atoms with van der Waals surface area (Å²) in [6.45, 7) is 2.20. The van der Waals surface area contributed by atoms with Gasteiger partial charge in [0.1, 0.15) is 0 Å². The molecule has 0 fully saturated rings. The maximum Gasteiger partial charge on any atom is 0.335 e. The van der Waals surface area contributed by atoms with Crippen LogP contribution in [0.1, 0.15) is 68.6 Å². The van der Waals surface area contributed by atoms with Crippen molar-refractivity contribution in [3.05, 3.63) is 78.4 Å². The third kappa shape index (κ3) is 14.2. The zero-order chi connectivity index (χ0) is 24.3. The number of aliphatic carboxylic acids is 1. The van der Waals surface area contributed by atoms with Gasteiger partial charge in [0, 0.05) is 11.3 Å². The van der Waals surface area contributed by atoms with E-state index in [0.717, 1.165) is 17.7 Å². The van der Waals surface area contributed by atoms with Gasteiger partial charge in [0.2, 0.25) is 0 Å². The molecule has 0 unspecified atom stereocenters. The van der Waals surface area contributed by atoms with Crippen molar-refractivity contribution < 1.29 is 24.9 Å². The highest BCUT2D eigenvalue weighted by molar-refractivity contribution is 8.00. The summed E-state index contributed by atoms with van der Waals surface area (Å²) in [4.78, 5) is 22.6. The number of aromatic carboxylic acids is 1. The molecular formula is C27H36O5S. The molecular weight excluding hydrogens is 436 g/mol. The summed E-state index contributed by atoms with van der Waals surface area (Å²) in [6, 6.07) is 6.50. The number of benzene rings is 1. The Bertz CT molecular complexity index is 808. The molecule has 0 spiro atoms. The molecule has 0 heterocycles. The molecule has 0 aliphatic heterocycles. The fourth-order valence-electron chi connectivity index (χ4n) is 2.97. The second-order valence-electron chi connectivity index (χ2n) is 7.67. The highest BCUT2D eigenvalue weighted by Crippen LogP contribution is 2.28. The Balaban J connectivity index is 2.63. The second-order valence-corrected chi connectivity index (χ2v) is 8.92. The van der Waals surface area contributed by atoms with Gasteiger partial charge in [-0.3, -0.25) is 4.79 Å². The number of unbranched alkanes of at least 4 members (excludes halogenated alkanes) is 3. The van der Waals surface area contributed by atoms with Crippen LogP contribution in [-0.2, 0) is 4.79 Å². The van der Waals surface area contributed by atoms with Gasteiger partial charge in [-0.15, -0.1) is 11.8 Å². The first kappa shape index (κ1) is 28.5. The fraction of sp³-hybridized carbons (Fsp3) is 0.407. The Hall–Kier alpha value is -2.57. The zero-order valence-corrected chi connectivity index (χ0v) is 20.1. The number of hydrogen-bond acceptors (Lipinski definition) is 4. The van der Waals surface area contributed by atoms with Crippen LogP contribution in [0.15, 0.2) is 77.8 Å². The lowest BCUT2D eigenvalue weighted by molar-refractivity contribution is -0.137. The number of thioether (sulfide) groups is 1. The van der Waals surface area contributed by atoms with E-state index in [0.29, 0.717) is 12.8 Å². The largest absolute Gasteiger partial charge is 0.481 e. The van der Waals surface area contributed by atoms with Crippen molar-refractivity contribution >= 4 is 23.7 Å². The first-order valence-corrected chi connectivity index (χ1v) is 12.4. The van der Waals surface area contributed by atoms with E-state index in [1.165, 1.54) is 43.2 Å². The lowest BCUT2D eigenvalue weighted by Crippen LogP contribution is -2.21. The third-order valence-corrected chi connectivity index (χ3v) is 6.11. The first-order chi connectivity index (χ1) is 15.9. The normalized spacial score (nSPS) is 14.0. The molecule has 1 rings (SSSR count). The Morgan fingerprint density at radius 2 is 1.67 bits per heavy atom. The SMILES string of the molecule is CCCCCC=CCC=CC=CC=C[C@@H](Sc1ccc(C(=O)O)cc1)[C@@H](O)CCCC(=O)O. The molecule has 2 atom stereocenters. The summed E-state index contributed by atoms with van der Waals surface area (Å²) in [7, 11) is 0. The number of aliphatic hydroxyl groups excluding tert-OH is 1. The number of rotatable bonds is 17. The summed E-state index contributed by atoms with van der Waals surface area (Å²) in [6.07, 6.45) is 21.9. The van der Waals surface area contributed by atoms with Gasteiger partial charge < -0.3 is 15.3 Å². The van der Waals surface area contributed by atoms with Gasteiger partial charge in [-0.25, -0.2) is 4.79 Å². The van der Waals surface area contributed by atoms with Gasteiger partial charge in [-0.2, -0.15) is 0 Å². The average molecular weight is 473 g/mol. The standard InChI is InChI=1S/C27H36O5S/c1-2-3-4-5-6-7-8-9-10-11-12-13-16-25(24(28)15-14-17-26(29)30)33-23-20-18-22(19-21-23)27(31)32/h6-7,9-13,16,18-21,24-25,28H,2-5,8,14-15,17H2,1H3,(H,29,30)(H,31,32)/t24-,25+/m0/s1. The maximum atomic E-state index is 11.0. The zero-order valence-electron chi connectivity index (χ0n) is 19.3. The molecule has 0 radical (unpaired) electrons. The van der Waals surface area contributed by atoms with Crippen molar-refractivity contribution in [3.63, 3.8) is 0 Å². The van der Waals surface area contributed by atoms with E-state index in [1.54, 1.807) is 12.1 Å². The van der Waals surface area contributed by atoms with Gasteiger partial charge in [-0.1, -0.05) is 68.4 Å². The molecule has 0 aromatic heterocycles. The van der Waals surface area contributed by atoms with Crippen molar-refractivity contribution in [1.29, 1.82) is 0 Å². The molecule has 3 N–H and O–H groups in total. The van der Waals surface area contributed by atoms with E-state index in [9.17, 15) is 14.7 Å². The molecule has 0 amide bonds. The predicted molar refractivity (Wildman–Crippen MR) is 136 cm³/mol. The first-order valence-electron chi connectivity index (χ1n) is 11.5.